The molecule has 1 aliphatic rings. The second-order valence-electron chi connectivity index (χ2n) is 11.4. The second-order valence-corrected chi connectivity index (χ2v) is 11.4. The number of aldehydes is 1. The Kier molecular flexibility index (Phi) is 11.3. The van der Waals surface area contributed by atoms with Gasteiger partial charge in [0.2, 0.25) is 0 Å². The number of fused-ring (bicyclic) bond motifs is 1. The number of benzene rings is 2. The number of H-pyrrole nitrogens is 1. The Morgan fingerprint density at radius 1 is 0.979 bits per heavy atom. The van der Waals surface area contributed by atoms with E-state index in [-0.39, 0.29) is 42.6 Å². The highest BCUT2D eigenvalue weighted by Crippen LogP contribution is 2.35. The van der Waals surface area contributed by atoms with Gasteiger partial charge in [0.25, 0.3) is 17.7 Å². The van der Waals surface area contributed by atoms with Gasteiger partial charge in [0, 0.05) is 48.2 Å². The number of aromatic nitrogens is 1. The number of hydrogen-bond donors (Lipinski definition) is 4. The normalized spacial score (nSPS) is 14.7. The van der Waals surface area contributed by atoms with Crippen molar-refractivity contribution in [2.24, 2.45) is 0 Å². The number of carbonyl (C=O) groups excluding carboxylic acids is 6. The Bertz CT molecular complexity index is 1760. The smallest absolute Gasteiger partial charge is 0.328 e. The summed E-state index contributed by atoms with van der Waals surface area (Å²) < 4.78 is 14.7. The Morgan fingerprint density at radius 3 is 2.35 bits per heavy atom. The van der Waals surface area contributed by atoms with Gasteiger partial charge in [-0.3, -0.25) is 19.2 Å². The molecule has 3 aromatic rings. The van der Waals surface area contributed by atoms with Crippen LogP contribution >= 0.6 is 0 Å². The molecule has 13 heteroatoms. The molecule has 13 nitrogen and oxygen atoms in total. The maximum atomic E-state index is 13.5. The number of methoxy groups -OCH3 is 3. The minimum Gasteiger partial charge on any atom is -0.469 e. The van der Waals surface area contributed by atoms with Crippen molar-refractivity contribution in [1.29, 1.82) is 0 Å². The zero-order valence-electron chi connectivity index (χ0n) is 27.4. The number of anilines is 1. The molecule has 3 amide bonds. The maximum absolute atomic E-state index is 13.5. The first-order valence-corrected chi connectivity index (χ1v) is 15.1. The van der Waals surface area contributed by atoms with Crippen molar-refractivity contribution in [2.75, 3.05) is 33.3 Å². The topological polar surface area (TPSA) is 182 Å². The standard InChI is InChI=1S/C35H38N4O9/c1-20-28(36-21(2)30(20)33(44)38-27(34(45)48-5)13-14-29(41)47-4)16-25-24-15-23(11-12-26(24)37-32(25)43)31(42)39-35(18-40,19-46-3)17-22-9-7-6-8-10-22/h6-12,15-16,18,27,36H,13-14,17,19H2,1-5H3,(H,37,43)(H,38,44)(H,39,42). The summed E-state index contributed by atoms with van der Waals surface area (Å²) in [5.74, 6) is -2.78. The molecule has 2 aromatic carbocycles. The lowest BCUT2D eigenvalue weighted by atomic mass is 9.92. The van der Waals surface area contributed by atoms with Crippen molar-refractivity contribution in [1.82, 2.24) is 15.6 Å². The summed E-state index contributed by atoms with van der Waals surface area (Å²) >= 11 is 0. The minimum absolute atomic E-state index is 0.0247. The van der Waals surface area contributed by atoms with E-state index in [0.717, 1.165) is 5.56 Å². The number of hydrogen-bond acceptors (Lipinski definition) is 9. The molecular formula is C35H38N4O9. The van der Waals surface area contributed by atoms with E-state index in [4.69, 9.17) is 9.47 Å². The van der Waals surface area contributed by atoms with E-state index in [0.29, 0.717) is 34.5 Å². The number of aromatic amines is 1. The lowest BCUT2D eigenvalue weighted by Gasteiger charge is -2.29. The maximum Gasteiger partial charge on any atom is 0.328 e. The molecule has 48 heavy (non-hydrogen) atoms. The van der Waals surface area contributed by atoms with Gasteiger partial charge < -0.3 is 39.9 Å². The third kappa shape index (κ3) is 7.86. The Morgan fingerprint density at radius 2 is 1.71 bits per heavy atom. The summed E-state index contributed by atoms with van der Waals surface area (Å²) in [5.41, 5.74) is 2.57. The predicted octanol–water partition coefficient (Wildman–Crippen LogP) is 2.91. The molecule has 0 bridgehead atoms. The highest BCUT2D eigenvalue weighted by Gasteiger charge is 2.34. The van der Waals surface area contributed by atoms with Gasteiger partial charge in [-0.2, -0.15) is 0 Å². The third-order valence-electron chi connectivity index (χ3n) is 8.06. The summed E-state index contributed by atoms with van der Waals surface area (Å²) in [4.78, 5) is 79.3. The van der Waals surface area contributed by atoms with Crippen LogP contribution in [0.15, 0.2) is 48.5 Å². The summed E-state index contributed by atoms with van der Waals surface area (Å²) in [7, 11) is 3.85. The molecule has 252 valence electrons. The van der Waals surface area contributed by atoms with Gasteiger partial charge in [-0.25, -0.2) is 4.79 Å². The number of amides is 3. The van der Waals surface area contributed by atoms with Crippen LogP contribution in [0.3, 0.4) is 0 Å². The Hall–Kier alpha value is -5.56. The predicted molar refractivity (Wildman–Crippen MR) is 176 cm³/mol. The van der Waals surface area contributed by atoms with Crippen molar-refractivity contribution >= 4 is 53.3 Å². The largest absolute Gasteiger partial charge is 0.469 e. The number of rotatable bonds is 14. The summed E-state index contributed by atoms with van der Waals surface area (Å²) in [5, 5.41) is 8.24. The fraction of sp³-hybridized carbons (Fsp3) is 0.314. The molecule has 0 aliphatic carbocycles. The highest BCUT2D eigenvalue weighted by molar-refractivity contribution is 6.35. The number of carbonyl (C=O) groups is 6. The molecule has 4 N–H and O–H groups in total. The van der Waals surface area contributed by atoms with Crippen molar-refractivity contribution in [3.8, 4) is 0 Å². The van der Waals surface area contributed by atoms with Gasteiger partial charge in [0.15, 0.2) is 0 Å². The fourth-order valence-corrected chi connectivity index (χ4v) is 5.61. The zero-order chi connectivity index (χ0) is 35.0. The molecule has 4 rings (SSSR count). The molecule has 0 radical (unpaired) electrons. The average Bonchev–Trinajstić information content (AvgIpc) is 3.55. The molecule has 0 saturated carbocycles. The van der Waals surface area contributed by atoms with Crippen LogP contribution in [0.25, 0.3) is 11.6 Å². The molecular weight excluding hydrogens is 620 g/mol. The van der Waals surface area contributed by atoms with Gasteiger partial charge in [0.05, 0.1) is 32.0 Å². The van der Waals surface area contributed by atoms with E-state index >= 15 is 0 Å². The number of ether oxygens (including phenoxy) is 3. The number of nitrogens with one attached hydrogen (secondary N) is 4. The van der Waals surface area contributed by atoms with Crippen LogP contribution in [0, 0.1) is 13.8 Å². The van der Waals surface area contributed by atoms with E-state index in [2.05, 4.69) is 25.7 Å². The number of esters is 2. The van der Waals surface area contributed by atoms with E-state index in [1.54, 1.807) is 38.1 Å². The average molecular weight is 659 g/mol. The van der Waals surface area contributed by atoms with Crippen molar-refractivity contribution in [2.45, 2.75) is 44.7 Å². The van der Waals surface area contributed by atoms with Gasteiger partial charge in [-0.05, 0) is 55.7 Å². The Balaban J connectivity index is 1.61. The summed E-state index contributed by atoms with van der Waals surface area (Å²) in [6.07, 6.45) is 2.32. The van der Waals surface area contributed by atoms with Gasteiger partial charge in [0.1, 0.15) is 17.9 Å². The molecule has 0 fully saturated rings. The van der Waals surface area contributed by atoms with Crippen LogP contribution in [0.5, 0.6) is 0 Å². The van der Waals surface area contributed by atoms with E-state index in [9.17, 15) is 28.8 Å². The van der Waals surface area contributed by atoms with Crippen molar-refractivity contribution < 1.29 is 43.0 Å². The van der Waals surface area contributed by atoms with Crippen LogP contribution < -0.4 is 16.0 Å². The molecule has 1 aromatic heterocycles. The zero-order valence-corrected chi connectivity index (χ0v) is 27.4. The van der Waals surface area contributed by atoms with E-state index in [1.807, 2.05) is 30.3 Å². The molecule has 0 spiro atoms. The lowest BCUT2D eigenvalue weighted by Crippen LogP contribution is -2.55. The first kappa shape index (κ1) is 35.3. The summed E-state index contributed by atoms with van der Waals surface area (Å²) in [6.45, 7) is 3.30. The van der Waals surface area contributed by atoms with Gasteiger partial charge in [-0.1, -0.05) is 30.3 Å². The van der Waals surface area contributed by atoms with Crippen LogP contribution in [-0.4, -0.2) is 80.4 Å². The molecule has 1 aliphatic heterocycles. The van der Waals surface area contributed by atoms with Crippen LogP contribution in [-0.2, 0) is 39.8 Å². The molecule has 2 unspecified atom stereocenters. The quantitative estimate of drug-likeness (QED) is 0.115. The fourth-order valence-electron chi connectivity index (χ4n) is 5.61. The Labute approximate surface area is 277 Å². The SMILES string of the molecule is COCC(C=O)(Cc1ccccc1)NC(=O)c1ccc2c(c1)C(=Cc1[nH]c(C)c(C(=O)NC(CCC(=O)OC)C(=O)OC)c1C)C(=O)N2. The van der Waals surface area contributed by atoms with Crippen molar-refractivity contribution in [3.05, 3.63) is 87.7 Å². The lowest BCUT2D eigenvalue weighted by molar-refractivity contribution is -0.144. The van der Waals surface area contributed by atoms with E-state index in [1.165, 1.54) is 21.3 Å². The monoisotopic (exact) mass is 658 g/mol. The van der Waals surface area contributed by atoms with Crippen LogP contribution in [0.4, 0.5) is 5.69 Å². The second kappa shape index (κ2) is 15.4. The minimum atomic E-state index is -1.33. The van der Waals surface area contributed by atoms with E-state index < -0.39 is 41.2 Å². The third-order valence-corrected chi connectivity index (χ3v) is 8.06. The first-order valence-electron chi connectivity index (χ1n) is 15.1. The van der Waals surface area contributed by atoms with Crippen LogP contribution in [0.2, 0.25) is 0 Å². The molecule has 2 atom stereocenters. The molecule has 2 heterocycles. The first-order chi connectivity index (χ1) is 22.9. The van der Waals surface area contributed by atoms with Crippen molar-refractivity contribution in [3.63, 3.8) is 0 Å². The number of aryl methyl sites for hydroxylation is 1. The van der Waals surface area contributed by atoms with Crippen LogP contribution in [0.1, 0.15) is 61.6 Å². The highest BCUT2D eigenvalue weighted by atomic mass is 16.5. The van der Waals surface area contributed by atoms with Gasteiger partial charge >= 0.3 is 11.9 Å². The molecule has 0 saturated heterocycles. The summed E-state index contributed by atoms with van der Waals surface area (Å²) in [6, 6.07) is 12.9. The van der Waals surface area contributed by atoms with Gasteiger partial charge in [-0.15, -0.1) is 0 Å².